The van der Waals surface area contributed by atoms with E-state index in [1.807, 2.05) is 49.4 Å². The van der Waals surface area contributed by atoms with E-state index in [1.54, 1.807) is 29.2 Å². The number of nitrogens with one attached hydrogen (secondary N) is 1. The van der Waals surface area contributed by atoms with E-state index in [1.165, 1.54) is 16.4 Å². The first-order valence-corrected chi connectivity index (χ1v) is 16.9. The van der Waals surface area contributed by atoms with Crippen LogP contribution in [0, 0.1) is 5.82 Å². The zero-order chi connectivity index (χ0) is 30.8. The standard InChI is InChI=1S/C34H42FN3O4S/c1-3-26-17-21-31(22-18-26)38(43(2,41)42)23-9-14-33(39)37(25-28-15-19-29(35)20-16-28)32(24-27-10-5-4-6-11-27)34(40)36-30-12-7-8-13-30/h4-6,10-11,15-22,30,32H,3,7-9,12-14,23-25H2,1-2H3,(H,36,40)/t32-/m0/s1. The first kappa shape index (κ1) is 32.2. The van der Waals surface area contributed by atoms with Crippen molar-refractivity contribution in [2.45, 2.75) is 76.9 Å². The molecule has 0 radical (unpaired) electrons. The molecular weight excluding hydrogens is 565 g/mol. The molecule has 0 spiro atoms. The number of benzene rings is 3. The summed E-state index contributed by atoms with van der Waals surface area (Å²) in [5, 5.41) is 3.17. The maximum Gasteiger partial charge on any atom is 0.243 e. The molecule has 3 aromatic carbocycles. The molecule has 2 amide bonds. The number of halogens is 1. The summed E-state index contributed by atoms with van der Waals surface area (Å²) in [5.41, 5.74) is 3.28. The van der Waals surface area contributed by atoms with Crippen LogP contribution in [0.2, 0.25) is 0 Å². The molecule has 7 nitrogen and oxygen atoms in total. The van der Waals surface area contributed by atoms with Crippen molar-refractivity contribution in [3.63, 3.8) is 0 Å². The largest absolute Gasteiger partial charge is 0.352 e. The smallest absolute Gasteiger partial charge is 0.243 e. The average Bonchev–Trinajstić information content (AvgIpc) is 3.51. The van der Waals surface area contributed by atoms with Gasteiger partial charge in [0, 0.05) is 32.0 Å². The number of sulfonamides is 1. The molecule has 1 fully saturated rings. The fourth-order valence-electron chi connectivity index (χ4n) is 5.61. The van der Waals surface area contributed by atoms with E-state index in [-0.39, 0.29) is 49.6 Å². The van der Waals surface area contributed by atoms with Gasteiger partial charge >= 0.3 is 0 Å². The Morgan fingerprint density at radius 3 is 2.14 bits per heavy atom. The number of nitrogens with zero attached hydrogens (tertiary/aromatic N) is 2. The second-order valence-corrected chi connectivity index (χ2v) is 13.2. The molecule has 0 aliphatic heterocycles. The first-order chi connectivity index (χ1) is 20.6. The Hall–Kier alpha value is -3.72. The molecule has 1 atom stereocenters. The van der Waals surface area contributed by atoms with Crippen LogP contribution in [0.3, 0.4) is 0 Å². The molecule has 0 saturated heterocycles. The highest BCUT2D eigenvalue weighted by Gasteiger charge is 2.32. The van der Waals surface area contributed by atoms with Gasteiger partial charge in [0.15, 0.2) is 0 Å². The van der Waals surface area contributed by atoms with Gasteiger partial charge in [-0.05, 0) is 66.6 Å². The Morgan fingerprint density at radius 2 is 1.53 bits per heavy atom. The lowest BCUT2D eigenvalue weighted by atomic mass is 10.0. The van der Waals surface area contributed by atoms with Crippen LogP contribution in [-0.4, -0.2) is 50.0 Å². The fraction of sp³-hybridized carbons (Fsp3) is 0.412. The summed E-state index contributed by atoms with van der Waals surface area (Å²) < 4.78 is 40.4. The van der Waals surface area contributed by atoms with Gasteiger partial charge in [-0.25, -0.2) is 12.8 Å². The summed E-state index contributed by atoms with van der Waals surface area (Å²) in [6.07, 6.45) is 6.59. The van der Waals surface area contributed by atoms with Crippen molar-refractivity contribution in [1.82, 2.24) is 10.2 Å². The third-order valence-electron chi connectivity index (χ3n) is 8.02. The van der Waals surface area contributed by atoms with Gasteiger partial charge in [-0.3, -0.25) is 13.9 Å². The van der Waals surface area contributed by atoms with Crippen molar-refractivity contribution in [2.24, 2.45) is 0 Å². The highest BCUT2D eigenvalue weighted by Crippen LogP contribution is 2.22. The SMILES string of the molecule is CCc1ccc(N(CCCC(=O)N(Cc2ccc(F)cc2)[C@@H](Cc2ccccc2)C(=O)NC2CCCC2)S(C)(=O)=O)cc1. The van der Waals surface area contributed by atoms with Gasteiger partial charge in [0.05, 0.1) is 11.9 Å². The molecule has 0 unspecified atom stereocenters. The summed E-state index contributed by atoms with van der Waals surface area (Å²) in [7, 11) is -3.58. The van der Waals surface area contributed by atoms with E-state index in [4.69, 9.17) is 0 Å². The minimum absolute atomic E-state index is 0.0439. The summed E-state index contributed by atoms with van der Waals surface area (Å²) in [6, 6.07) is 22.2. The van der Waals surface area contributed by atoms with Gasteiger partial charge in [0.2, 0.25) is 21.8 Å². The highest BCUT2D eigenvalue weighted by molar-refractivity contribution is 7.92. The third kappa shape index (κ3) is 9.38. The number of hydrogen-bond donors (Lipinski definition) is 1. The van der Waals surface area contributed by atoms with E-state index in [2.05, 4.69) is 5.32 Å². The maximum absolute atomic E-state index is 13.9. The quantitative estimate of drug-likeness (QED) is 0.257. The molecule has 4 rings (SSSR count). The zero-order valence-electron chi connectivity index (χ0n) is 25.0. The average molecular weight is 608 g/mol. The van der Waals surface area contributed by atoms with Crippen molar-refractivity contribution in [1.29, 1.82) is 0 Å². The molecule has 1 aliphatic rings. The van der Waals surface area contributed by atoms with Crippen LogP contribution in [0.5, 0.6) is 0 Å². The van der Waals surface area contributed by atoms with Gasteiger partial charge < -0.3 is 10.2 Å². The van der Waals surface area contributed by atoms with Gasteiger partial charge in [0.25, 0.3) is 0 Å². The van der Waals surface area contributed by atoms with Crippen LogP contribution >= 0.6 is 0 Å². The second kappa shape index (κ2) is 15.1. The Kier molecular flexibility index (Phi) is 11.3. The van der Waals surface area contributed by atoms with Crippen LogP contribution in [0.1, 0.15) is 62.1 Å². The second-order valence-electron chi connectivity index (χ2n) is 11.3. The molecule has 3 aromatic rings. The number of hydrogen-bond acceptors (Lipinski definition) is 4. The van der Waals surface area contributed by atoms with Crippen molar-refractivity contribution in [3.05, 3.63) is 101 Å². The number of rotatable bonds is 14. The molecule has 1 saturated carbocycles. The lowest BCUT2D eigenvalue weighted by molar-refractivity contribution is -0.141. The Labute approximate surface area is 255 Å². The van der Waals surface area contributed by atoms with E-state index < -0.39 is 16.1 Å². The van der Waals surface area contributed by atoms with Crippen molar-refractivity contribution < 1.29 is 22.4 Å². The maximum atomic E-state index is 13.9. The van der Waals surface area contributed by atoms with Gasteiger partial charge in [-0.1, -0.05) is 74.4 Å². The first-order valence-electron chi connectivity index (χ1n) is 15.1. The summed E-state index contributed by atoms with van der Waals surface area (Å²) in [6.45, 7) is 2.28. The molecule has 9 heteroatoms. The number of anilines is 1. The number of amides is 2. The summed E-state index contributed by atoms with van der Waals surface area (Å²) in [4.78, 5) is 29.3. The number of carbonyl (C=O) groups is 2. The molecule has 43 heavy (non-hydrogen) atoms. The Balaban J connectivity index is 1.57. The topological polar surface area (TPSA) is 86.8 Å². The van der Waals surface area contributed by atoms with E-state index in [0.29, 0.717) is 17.7 Å². The van der Waals surface area contributed by atoms with Gasteiger partial charge in [-0.2, -0.15) is 0 Å². The van der Waals surface area contributed by atoms with Crippen LogP contribution in [0.25, 0.3) is 0 Å². The molecule has 0 bridgehead atoms. The fourth-order valence-corrected chi connectivity index (χ4v) is 6.58. The lowest BCUT2D eigenvalue weighted by Crippen LogP contribution is -2.52. The minimum Gasteiger partial charge on any atom is -0.352 e. The molecule has 230 valence electrons. The molecule has 0 aromatic heterocycles. The van der Waals surface area contributed by atoms with Crippen LogP contribution in [0.15, 0.2) is 78.9 Å². The Bertz CT molecular complexity index is 1440. The van der Waals surface area contributed by atoms with Crippen molar-refractivity contribution in [2.75, 3.05) is 17.1 Å². The number of carbonyl (C=O) groups excluding carboxylic acids is 2. The van der Waals surface area contributed by atoms with E-state index in [9.17, 15) is 22.4 Å². The summed E-state index contributed by atoms with van der Waals surface area (Å²) in [5.74, 6) is -0.851. The highest BCUT2D eigenvalue weighted by atomic mass is 32.2. The lowest BCUT2D eigenvalue weighted by Gasteiger charge is -2.33. The van der Waals surface area contributed by atoms with Gasteiger partial charge in [-0.15, -0.1) is 0 Å². The predicted molar refractivity (Wildman–Crippen MR) is 169 cm³/mol. The predicted octanol–water partition coefficient (Wildman–Crippen LogP) is 5.63. The minimum atomic E-state index is -3.58. The van der Waals surface area contributed by atoms with Crippen LogP contribution < -0.4 is 9.62 Å². The van der Waals surface area contributed by atoms with Crippen molar-refractivity contribution in [3.8, 4) is 0 Å². The summed E-state index contributed by atoms with van der Waals surface area (Å²) >= 11 is 0. The van der Waals surface area contributed by atoms with Crippen LogP contribution in [0.4, 0.5) is 10.1 Å². The molecular formula is C34H42FN3O4S. The Morgan fingerprint density at radius 1 is 0.907 bits per heavy atom. The van der Waals surface area contributed by atoms with E-state index >= 15 is 0 Å². The van der Waals surface area contributed by atoms with Gasteiger partial charge in [0.1, 0.15) is 11.9 Å². The monoisotopic (exact) mass is 607 g/mol. The molecule has 1 aliphatic carbocycles. The molecule has 1 N–H and O–H groups in total. The zero-order valence-corrected chi connectivity index (χ0v) is 25.9. The normalized spacial score (nSPS) is 14.3. The van der Waals surface area contributed by atoms with Crippen LogP contribution in [-0.2, 0) is 39.0 Å². The molecule has 0 heterocycles. The third-order valence-corrected chi connectivity index (χ3v) is 9.22. The number of aryl methyl sites for hydroxylation is 1. The van der Waals surface area contributed by atoms with E-state index in [0.717, 1.165) is 49.5 Å². The van der Waals surface area contributed by atoms with Crippen molar-refractivity contribution >= 4 is 27.5 Å².